The highest BCUT2D eigenvalue weighted by Crippen LogP contribution is 2.30. The van der Waals surface area contributed by atoms with Crippen LogP contribution in [0.15, 0.2) is 30.5 Å². The summed E-state index contributed by atoms with van der Waals surface area (Å²) in [6.45, 7) is 7.77. The van der Waals surface area contributed by atoms with Gasteiger partial charge in [-0.2, -0.15) is 0 Å². The van der Waals surface area contributed by atoms with Gasteiger partial charge in [0.05, 0.1) is 11.1 Å². The van der Waals surface area contributed by atoms with Gasteiger partial charge >= 0.3 is 0 Å². The van der Waals surface area contributed by atoms with Crippen LogP contribution in [0.25, 0.3) is 0 Å². The summed E-state index contributed by atoms with van der Waals surface area (Å²) in [6, 6.07) is 4.56. The van der Waals surface area contributed by atoms with E-state index in [1.165, 1.54) is 0 Å². The van der Waals surface area contributed by atoms with Gasteiger partial charge in [-0.15, -0.1) is 0 Å². The predicted octanol–water partition coefficient (Wildman–Crippen LogP) is 2.20. The zero-order valence-corrected chi connectivity index (χ0v) is 12.7. The summed E-state index contributed by atoms with van der Waals surface area (Å²) in [5.41, 5.74) is 2.41. The first-order valence-electron chi connectivity index (χ1n) is 7.40. The number of piperidine rings is 1. The highest BCUT2D eigenvalue weighted by molar-refractivity contribution is 6.23. The van der Waals surface area contributed by atoms with Crippen LogP contribution >= 0.6 is 0 Å². The van der Waals surface area contributed by atoms with E-state index in [-0.39, 0.29) is 23.6 Å². The minimum Gasteiger partial charge on any atom is -0.329 e. The van der Waals surface area contributed by atoms with Crippen molar-refractivity contribution in [1.29, 1.82) is 0 Å². The van der Waals surface area contributed by atoms with Crippen LogP contribution in [0.4, 0.5) is 0 Å². The lowest BCUT2D eigenvalue weighted by Gasteiger charge is -2.29. The molecular weight excluding hydrogens is 280 g/mol. The number of hydrogen-bond acceptors (Lipinski definition) is 3. The minimum atomic E-state index is -0.750. The molecule has 1 saturated heterocycles. The maximum absolute atomic E-state index is 12.6. The average Bonchev–Trinajstić information content (AvgIpc) is 2.71. The SMILES string of the molecule is C=C1CC[C@H](N2C(=O)c3ccc(C(C)C)cc3C2=O)C(=O)N1. The number of rotatable bonds is 2. The molecule has 1 N–H and O–H groups in total. The first kappa shape index (κ1) is 14.5. The largest absolute Gasteiger partial charge is 0.329 e. The van der Waals surface area contributed by atoms with E-state index in [0.717, 1.165) is 10.5 Å². The van der Waals surface area contributed by atoms with Crippen molar-refractivity contribution in [2.75, 3.05) is 0 Å². The van der Waals surface area contributed by atoms with E-state index in [1.54, 1.807) is 12.1 Å². The second kappa shape index (κ2) is 5.09. The third-order valence-electron chi connectivity index (χ3n) is 4.24. The van der Waals surface area contributed by atoms with Gasteiger partial charge in [0, 0.05) is 5.70 Å². The molecular formula is C17H18N2O3. The summed E-state index contributed by atoms with van der Waals surface area (Å²) in [5.74, 6) is -0.837. The Kier molecular flexibility index (Phi) is 3.35. The number of benzene rings is 1. The van der Waals surface area contributed by atoms with Crippen molar-refractivity contribution in [2.24, 2.45) is 0 Å². The average molecular weight is 298 g/mol. The Morgan fingerprint density at radius 2 is 1.86 bits per heavy atom. The number of hydrogen-bond donors (Lipinski definition) is 1. The van der Waals surface area contributed by atoms with Crippen LogP contribution < -0.4 is 5.32 Å². The van der Waals surface area contributed by atoms with Crippen molar-refractivity contribution < 1.29 is 14.4 Å². The Morgan fingerprint density at radius 3 is 2.50 bits per heavy atom. The van der Waals surface area contributed by atoms with Crippen LogP contribution in [0.1, 0.15) is 58.9 Å². The smallest absolute Gasteiger partial charge is 0.262 e. The lowest BCUT2D eigenvalue weighted by atomic mass is 9.98. The number of amides is 3. The molecule has 5 nitrogen and oxygen atoms in total. The summed E-state index contributed by atoms with van der Waals surface area (Å²) in [7, 11) is 0. The lowest BCUT2D eigenvalue weighted by Crippen LogP contribution is -2.51. The molecule has 1 fully saturated rings. The van der Waals surface area contributed by atoms with Crippen molar-refractivity contribution in [2.45, 2.75) is 38.6 Å². The molecule has 22 heavy (non-hydrogen) atoms. The van der Waals surface area contributed by atoms with Gasteiger partial charge in [0.15, 0.2) is 0 Å². The molecule has 3 amide bonds. The first-order valence-corrected chi connectivity index (χ1v) is 7.40. The van der Waals surface area contributed by atoms with Gasteiger partial charge in [-0.3, -0.25) is 19.3 Å². The fourth-order valence-electron chi connectivity index (χ4n) is 2.93. The van der Waals surface area contributed by atoms with Gasteiger partial charge in [-0.25, -0.2) is 0 Å². The van der Waals surface area contributed by atoms with Crippen LogP contribution in [-0.4, -0.2) is 28.7 Å². The summed E-state index contributed by atoms with van der Waals surface area (Å²) in [6.07, 6.45) is 0.994. The topological polar surface area (TPSA) is 66.5 Å². The number of nitrogens with one attached hydrogen (secondary N) is 1. The Balaban J connectivity index is 1.96. The summed E-state index contributed by atoms with van der Waals surface area (Å²) in [4.78, 5) is 38.3. The van der Waals surface area contributed by atoms with Gasteiger partial charge in [0.1, 0.15) is 6.04 Å². The van der Waals surface area contributed by atoms with Gasteiger partial charge < -0.3 is 5.32 Å². The zero-order chi connectivity index (χ0) is 16.0. The standard InChI is InChI=1S/C17H18N2O3/c1-9(2)11-5-6-12-13(8-11)17(22)19(16(12)21)14-7-4-10(3)18-15(14)20/h5-6,8-9,14H,3-4,7H2,1-2H3,(H,18,20)/t14-/m0/s1. The summed E-state index contributed by atoms with van der Waals surface area (Å²) < 4.78 is 0. The van der Waals surface area contributed by atoms with E-state index >= 15 is 0 Å². The Hall–Kier alpha value is -2.43. The molecule has 1 atom stereocenters. The van der Waals surface area contributed by atoms with Crippen molar-refractivity contribution in [3.8, 4) is 0 Å². The molecule has 0 bridgehead atoms. The van der Waals surface area contributed by atoms with E-state index in [2.05, 4.69) is 11.9 Å². The molecule has 0 aromatic heterocycles. The second-order valence-corrected chi connectivity index (χ2v) is 6.09. The molecule has 0 saturated carbocycles. The van der Waals surface area contributed by atoms with E-state index < -0.39 is 6.04 Å². The van der Waals surface area contributed by atoms with Gasteiger partial charge in [-0.05, 0) is 36.5 Å². The van der Waals surface area contributed by atoms with Crippen molar-refractivity contribution in [3.63, 3.8) is 0 Å². The van der Waals surface area contributed by atoms with E-state index in [1.807, 2.05) is 19.9 Å². The number of fused-ring (bicyclic) bond motifs is 1. The van der Waals surface area contributed by atoms with E-state index in [9.17, 15) is 14.4 Å². The third-order valence-corrected chi connectivity index (χ3v) is 4.24. The van der Waals surface area contributed by atoms with Crippen LogP contribution in [0.3, 0.4) is 0 Å². The normalized spacial score (nSPS) is 21.4. The molecule has 1 aromatic carbocycles. The summed E-state index contributed by atoms with van der Waals surface area (Å²) >= 11 is 0. The fraction of sp³-hybridized carbons (Fsp3) is 0.353. The quantitative estimate of drug-likeness (QED) is 0.851. The van der Waals surface area contributed by atoms with E-state index in [4.69, 9.17) is 0 Å². The highest BCUT2D eigenvalue weighted by Gasteiger charge is 2.43. The molecule has 2 heterocycles. The molecule has 0 aliphatic carbocycles. The number of carbonyl (C=O) groups is 3. The minimum absolute atomic E-state index is 0.267. The van der Waals surface area contributed by atoms with Crippen LogP contribution in [0.5, 0.6) is 0 Å². The monoisotopic (exact) mass is 298 g/mol. The number of carbonyl (C=O) groups excluding carboxylic acids is 3. The Labute approximate surface area is 129 Å². The molecule has 0 spiro atoms. The zero-order valence-electron chi connectivity index (χ0n) is 12.7. The Morgan fingerprint density at radius 1 is 1.18 bits per heavy atom. The molecule has 0 unspecified atom stereocenters. The van der Waals surface area contributed by atoms with Crippen molar-refractivity contribution in [1.82, 2.24) is 10.2 Å². The van der Waals surface area contributed by atoms with Gasteiger partial charge in [0.2, 0.25) is 5.91 Å². The first-order chi connectivity index (χ1) is 10.4. The fourth-order valence-corrected chi connectivity index (χ4v) is 2.93. The molecule has 2 aliphatic rings. The summed E-state index contributed by atoms with van der Waals surface area (Å²) in [5, 5.41) is 2.62. The lowest BCUT2D eigenvalue weighted by molar-refractivity contribution is -0.125. The van der Waals surface area contributed by atoms with Crippen LogP contribution in [-0.2, 0) is 4.79 Å². The molecule has 1 aromatic rings. The van der Waals surface area contributed by atoms with Crippen molar-refractivity contribution in [3.05, 3.63) is 47.2 Å². The van der Waals surface area contributed by atoms with Crippen LogP contribution in [0, 0.1) is 0 Å². The molecule has 114 valence electrons. The van der Waals surface area contributed by atoms with E-state index in [0.29, 0.717) is 29.7 Å². The van der Waals surface area contributed by atoms with Gasteiger partial charge in [-0.1, -0.05) is 26.5 Å². The number of nitrogens with zero attached hydrogens (tertiary/aromatic N) is 1. The molecule has 0 radical (unpaired) electrons. The van der Waals surface area contributed by atoms with Crippen LogP contribution in [0.2, 0.25) is 0 Å². The molecule has 2 aliphatic heterocycles. The van der Waals surface area contributed by atoms with Gasteiger partial charge in [0.25, 0.3) is 11.8 Å². The third kappa shape index (κ3) is 2.13. The van der Waals surface area contributed by atoms with Crippen molar-refractivity contribution >= 4 is 17.7 Å². The number of imide groups is 1. The molecule has 5 heteroatoms. The Bertz CT molecular complexity index is 706. The number of allylic oxidation sites excluding steroid dienone is 1. The predicted molar refractivity (Wildman–Crippen MR) is 81.3 cm³/mol. The second-order valence-electron chi connectivity index (χ2n) is 6.09. The molecule has 3 rings (SSSR count). The maximum atomic E-state index is 12.6. The maximum Gasteiger partial charge on any atom is 0.262 e. The highest BCUT2D eigenvalue weighted by atomic mass is 16.2.